The van der Waals surface area contributed by atoms with Crippen molar-refractivity contribution < 1.29 is 0 Å². The Morgan fingerprint density at radius 2 is 2.31 bits per heavy atom. The van der Waals surface area contributed by atoms with Crippen LogP contribution in [-0.4, -0.2) is 16.0 Å². The number of nitrogens with zero attached hydrogens (tertiary/aromatic N) is 3. The van der Waals surface area contributed by atoms with Gasteiger partial charge in [-0.15, -0.1) is 0 Å². The summed E-state index contributed by atoms with van der Waals surface area (Å²) in [6, 6.07) is 0. The molecule has 1 aliphatic heterocycles. The van der Waals surface area contributed by atoms with Crippen molar-refractivity contribution in [2.75, 3.05) is 0 Å². The Labute approximate surface area is 98.6 Å². The van der Waals surface area contributed by atoms with Gasteiger partial charge in [-0.1, -0.05) is 18.2 Å². The molecule has 1 N–H and O–H groups in total. The van der Waals surface area contributed by atoms with E-state index >= 15 is 0 Å². The molecule has 0 aromatic carbocycles. The summed E-state index contributed by atoms with van der Waals surface area (Å²) in [6.45, 7) is 3.96. The molecule has 1 aromatic rings. The molecule has 0 aliphatic carbocycles. The number of aromatic nitrogens is 2. The Morgan fingerprint density at radius 1 is 1.50 bits per heavy atom. The molecular formula is C11H11ClN4. The van der Waals surface area contributed by atoms with Crippen molar-refractivity contribution in [2.24, 2.45) is 12.1 Å². The van der Waals surface area contributed by atoms with E-state index in [9.17, 15) is 0 Å². The van der Waals surface area contributed by atoms with Gasteiger partial charge in [0, 0.05) is 41.8 Å². The maximum atomic E-state index is 6.07. The van der Waals surface area contributed by atoms with E-state index in [0.29, 0.717) is 5.03 Å². The third-order valence-corrected chi connectivity index (χ3v) is 2.56. The summed E-state index contributed by atoms with van der Waals surface area (Å²) < 4.78 is 1.73. The highest BCUT2D eigenvalue weighted by Gasteiger charge is 2.11. The van der Waals surface area contributed by atoms with Crippen LogP contribution in [0.3, 0.4) is 0 Å². The van der Waals surface area contributed by atoms with E-state index in [1.54, 1.807) is 29.4 Å². The molecule has 0 saturated heterocycles. The van der Waals surface area contributed by atoms with Gasteiger partial charge in [0.15, 0.2) is 0 Å². The topological polar surface area (TPSA) is 42.2 Å². The summed E-state index contributed by atoms with van der Waals surface area (Å²) in [5, 5.41) is 8.60. The summed E-state index contributed by atoms with van der Waals surface area (Å²) in [5.41, 5.74) is 5.37. The van der Waals surface area contributed by atoms with Crippen LogP contribution < -0.4 is 5.43 Å². The van der Waals surface area contributed by atoms with Crippen LogP contribution in [0.4, 0.5) is 0 Å². The highest BCUT2D eigenvalue weighted by atomic mass is 35.5. The predicted octanol–water partition coefficient (Wildman–Crippen LogP) is 2.03. The fourth-order valence-corrected chi connectivity index (χ4v) is 1.54. The zero-order valence-electron chi connectivity index (χ0n) is 8.81. The van der Waals surface area contributed by atoms with Crippen LogP contribution in [0.5, 0.6) is 0 Å². The van der Waals surface area contributed by atoms with Crippen molar-refractivity contribution in [3.63, 3.8) is 0 Å². The van der Waals surface area contributed by atoms with Gasteiger partial charge in [-0.05, 0) is 11.6 Å². The van der Waals surface area contributed by atoms with Gasteiger partial charge in [0.1, 0.15) is 0 Å². The zero-order chi connectivity index (χ0) is 11.5. The molecule has 4 nitrogen and oxygen atoms in total. The second kappa shape index (κ2) is 4.37. The van der Waals surface area contributed by atoms with Crippen LogP contribution in [0, 0.1) is 0 Å². The van der Waals surface area contributed by atoms with Crippen molar-refractivity contribution in [3.05, 3.63) is 47.4 Å². The third-order valence-electron chi connectivity index (χ3n) is 2.21. The van der Waals surface area contributed by atoms with Crippen LogP contribution in [-0.2, 0) is 7.05 Å². The molecule has 1 aliphatic rings. The first-order chi connectivity index (χ1) is 7.68. The van der Waals surface area contributed by atoms with E-state index in [1.807, 2.05) is 13.2 Å². The Balaban J connectivity index is 2.43. The molecule has 16 heavy (non-hydrogen) atoms. The van der Waals surface area contributed by atoms with Crippen molar-refractivity contribution in [1.82, 2.24) is 15.2 Å². The van der Waals surface area contributed by atoms with E-state index < -0.39 is 0 Å². The number of halogens is 1. The van der Waals surface area contributed by atoms with Gasteiger partial charge >= 0.3 is 0 Å². The number of hydrogen-bond donors (Lipinski definition) is 1. The third kappa shape index (κ3) is 2.06. The zero-order valence-corrected chi connectivity index (χ0v) is 9.57. The van der Waals surface area contributed by atoms with E-state index in [0.717, 1.165) is 16.7 Å². The maximum Gasteiger partial charge on any atom is 0.0568 e. The maximum absolute atomic E-state index is 6.07. The van der Waals surface area contributed by atoms with Crippen molar-refractivity contribution in [2.45, 2.75) is 0 Å². The van der Waals surface area contributed by atoms with Crippen LogP contribution in [0.1, 0.15) is 5.56 Å². The summed E-state index contributed by atoms with van der Waals surface area (Å²) in [5.74, 6) is 0. The molecule has 0 atom stereocenters. The Morgan fingerprint density at radius 3 is 3.00 bits per heavy atom. The minimum absolute atomic E-state index is 0.570. The fraction of sp³-hybridized carbons (Fsp3) is 0.0909. The van der Waals surface area contributed by atoms with Crippen LogP contribution >= 0.6 is 11.6 Å². The average molecular weight is 235 g/mol. The second-order valence-electron chi connectivity index (χ2n) is 3.36. The Bertz CT molecular complexity index is 508. The van der Waals surface area contributed by atoms with Crippen molar-refractivity contribution >= 4 is 23.4 Å². The highest BCUT2D eigenvalue weighted by Crippen LogP contribution is 2.28. The first kappa shape index (κ1) is 10.7. The molecule has 82 valence electrons. The van der Waals surface area contributed by atoms with Gasteiger partial charge in [0.25, 0.3) is 0 Å². The molecule has 0 spiro atoms. The molecule has 0 saturated carbocycles. The Hall–Kier alpha value is -1.81. The lowest BCUT2D eigenvalue weighted by molar-refractivity contribution is 0.767. The van der Waals surface area contributed by atoms with Crippen LogP contribution in [0.15, 0.2) is 47.0 Å². The lowest BCUT2D eigenvalue weighted by Gasteiger charge is -2.09. The quantitative estimate of drug-likeness (QED) is 0.808. The molecule has 2 heterocycles. The molecule has 0 bridgehead atoms. The lowest BCUT2D eigenvalue weighted by atomic mass is 10.0. The highest BCUT2D eigenvalue weighted by molar-refractivity contribution is 6.34. The molecule has 1 aromatic heterocycles. The van der Waals surface area contributed by atoms with Crippen LogP contribution in [0.2, 0.25) is 0 Å². The number of allylic oxidation sites excluding steroid dienone is 4. The normalized spacial score (nSPS) is 24.5. The number of rotatable bonds is 1. The SMILES string of the molecule is C=C1/C(c2cnn(C)c2)=C\N/N=C\C=C/1Cl. The first-order valence-electron chi connectivity index (χ1n) is 4.71. The minimum Gasteiger partial charge on any atom is -0.285 e. The number of aryl methyl sites for hydroxylation is 1. The summed E-state index contributed by atoms with van der Waals surface area (Å²) in [6.07, 6.45) is 8.69. The largest absolute Gasteiger partial charge is 0.285 e. The molecule has 5 heteroatoms. The minimum atomic E-state index is 0.570. The van der Waals surface area contributed by atoms with Gasteiger partial charge in [-0.3, -0.25) is 10.1 Å². The molecule has 2 rings (SSSR count). The number of hydrazone groups is 1. The second-order valence-corrected chi connectivity index (χ2v) is 3.77. The van der Waals surface area contributed by atoms with E-state index in [-0.39, 0.29) is 0 Å². The summed E-state index contributed by atoms with van der Waals surface area (Å²) >= 11 is 6.07. The summed E-state index contributed by atoms with van der Waals surface area (Å²) in [7, 11) is 1.86. The molecule has 0 unspecified atom stereocenters. The number of nitrogens with one attached hydrogen (secondary N) is 1. The number of hydrogen-bond acceptors (Lipinski definition) is 3. The van der Waals surface area contributed by atoms with Gasteiger partial charge in [-0.2, -0.15) is 10.2 Å². The molecule has 0 amide bonds. The smallest absolute Gasteiger partial charge is 0.0568 e. The van der Waals surface area contributed by atoms with Crippen molar-refractivity contribution in [3.8, 4) is 0 Å². The molecular weight excluding hydrogens is 224 g/mol. The van der Waals surface area contributed by atoms with E-state index in [1.165, 1.54) is 0 Å². The van der Waals surface area contributed by atoms with Gasteiger partial charge in [0.2, 0.25) is 0 Å². The van der Waals surface area contributed by atoms with Gasteiger partial charge < -0.3 is 0 Å². The lowest BCUT2D eigenvalue weighted by Crippen LogP contribution is -2.01. The predicted molar refractivity (Wildman–Crippen MR) is 65.9 cm³/mol. The van der Waals surface area contributed by atoms with Crippen LogP contribution in [0.25, 0.3) is 5.57 Å². The van der Waals surface area contributed by atoms with Gasteiger partial charge in [-0.25, -0.2) is 0 Å². The van der Waals surface area contributed by atoms with Crippen molar-refractivity contribution in [1.29, 1.82) is 0 Å². The average Bonchev–Trinajstić information content (AvgIpc) is 2.66. The van der Waals surface area contributed by atoms with E-state index in [4.69, 9.17) is 11.6 Å². The standard InChI is InChI=1S/C11H11ClN4/c1-8-10(9-5-15-16(2)7-9)6-14-13-4-3-11(8)12/h3-7,14H,1H2,2H3/b10-6+,11-3+,13-4-. The first-order valence-corrected chi connectivity index (χ1v) is 5.09. The Kier molecular flexibility index (Phi) is 2.92. The molecule has 0 fully saturated rings. The summed E-state index contributed by atoms with van der Waals surface area (Å²) in [4.78, 5) is 0. The van der Waals surface area contributed by atoms with E-state index in [2.05, 4.69) is 22.2 Å². The fourth-order valence-electron chi connectivity index (χ4n) is 1.38. The van der Waals surface area contributed by atoms with Gasteiger partial charge in [0.05, 0.1) is 6.20 Å². The monoisotopic (exact) mass is 234 g/mol. The molecule has 0 radical (unpaired) electrons.